The average Bonchev–Trinajstić information content (AvgIpc) is 2.77. The summed E-state index contributed by atoms with van der Waals surface area (Å²) in [4.78, 5) is 0. The van der Waals surface area contributed by atoms with E-state index in [4.69, 9.17) is 9.47 Å². The molecule has 0 amide bonds. The van der Waals surface area contributed by atoms with E-state index < -0.39 is 19.8 Å². The number of ether oxygens (including phenoxy) is 2. The van der Waals surface area contributed by atoms with Crippen LogP contribution in [0.2, 0.25) is 0 Å². The zero-order valence-electron chi connectivity index (χ0n) is 13.5. The number of hydrogen-bond donors (Lipinski definition) is 0. The van der Waals surface area contributed by atoms with Crippen molar-refractivity contribution in [1.29, 1.82) is 0 Å². The fourth-order valence-corrected chi connectivity index (χ4v) is 4.98. The van der Waals surface area contributed by atoms with Crippen molar-refractivity contribution in [3.8, 4) is 0 Å². The van der Waals surface area contributed by atoms with Gasteiger partial charge in [-0.15, -0.1) is 0 Å². The first-order chi connectivity index (χ1) is 8.93. The Morgan fingerprint density at radius 1 is 0.950 bits per heavy atom. The monoisotopic (exact) mass is 304 g/mol. The van der Waals surface area contributed by atoms with E-state index >= 15 is 0 Å². The molecule has 2 rings (SSSR count). The highest BCUT2D eigenvalue weighted by atomic mass is 32.2. The molecule has 4 nitrogen and oxygen atoms in total. The van der Waals surface area contributed by atoms with Gasteiger partial charge in [-0.3, -0.25) is 0 Å². The minimum absolute atomic E-state index is 0.0589. The standard InChI is InChI=1S/C15H28O4S/c1-14(2,3)7-10-8-18-13-11(9-19-12(10)13)20(16,17)15(4,5)6/h10-13H,7-9H2,1-6H3. The quantitative estimate of drug-likeness (QED) is 0.786. The molecule has 0 saturated carbocycles. The number of rotatable bonds is 2. The van der Waals surface area contributed by atoms with Crippen molar-refractivity contribution >= 4 is 9.84 Å². The van der Waals surface area contributed by atoms with Crippen LogP contribution in [0.4, 0.5) is 0 Å². The van der Waals surface area contributed by atoms with E-state index in [1.54, 1.807) is 20.8 Å². The van der Waals surface area contributed by atoms with Crippen LogP contribution in [0.25, 0.3) is 0 Å². The van der Waals surface area contributed by atoms with Crippen molar-refractivity contribution in [3.05, 3.63) is 0 Å². The first-order valence-corrected chi connectivity index (χ1v) is 8.95. The third-order valence-corrected chi connectivity index (χ3v) is 7.15. The topological polar surface area (TPSA) is 52.6 Å². The second-order valence-corrected chi connectivity index (χ2v) is 11.2. The third-order valence-electron chi connectivity index (χ3n) is 4.24. The molecule has 0 bridgehead atoms. The van der Waals surface area contributed by atoms with Crippen LogP contribution in [0.1, 0.15) is 48.0 Å². The van der Waals surface area contributed by atoms with Crippen LogP contribution in [0.3, 0.4) is 0 Å². The van der Waals surface area contributed by atoms with Crippen molar-refractivity contribution < 1.29 is 17.9 Å². The van der Waals surface area contributed by atoms with Crippen LogP contribution in [-0.4, -0.2) is 43.8 Å². The molecule has 0 aromatic rings. The number of sulfone groups is 1. The first-order valence-electron chi connectivity index (χ1n) is 7.40. The van der Waals surface area contributed by atoms with E-state index in [9.17, 15) is 8.42 Å². The van der Waals surface area contributed by atoms with E-state index in [2.05, 4.69) is 20.8 Å². The van der Waals surface area contributed by atoms with Gasteiger partial charge in [0.05, 0.1) is 24.1 Å². The summed E-state index contributed by atoms with van der Waals surface area (Å²) in [5.41, 5.74) is 0.202. The molecule has 0 N–H and O–H groups in total. The van der Waals surface area contributed by atoms with Crippen molar-refractivity contribution in [1.82, 2.24) is 0 Å². The lowest BCUT2D eigenvalue weighted by Gasteiger charge is -2.26. The largest absolute Gasteiger partial charge is 0.374 e. The summed E-state index contributed by atoms with van der Waals surface area (Å²) in [6.45, 7) is 12.7. The van der Waals surface area contributed by atoms with Gasteiger partial charge in [0.1, 0.15) is 11.4 Å². The molecule has 2 aliphatic rings. The average molecular weight is 304 g/mol. The molecule has 4 unspecified atom stereocenters. The van der Waals surface area contributed by atoms with Crippen LogP contribution in [-0.2, 0) is 19.3 Å². The Hall–Kier alpha value is -0.130. The second kappa shape index (κ2) is 4.96. The van der Waals surface area contributed by atoms with Gasteiger partial charge in [-0.05, 0) is 32.6 Å². The number of fused-ring (bicyclic) bond motifs is 1. The maximum Gasteiger partial charge on any atom is 0.162 e. The maximum absolute atomic E-state index is 12.6. The van der Waals surface area contributed by atoms with Gasteiger partial charge in [-0.25, -0.2) is 8.42 Å². The summed E-state index contributed by atoms with van der Waals surface area (Å²) in [6.07, 6.45) is 0.652. The predicted octanol–water partition coefficient (Wildman–Crippen LogP) is 2.42. The van der Waals surface area contributed by atoms with Gasteiger partial charge in [0.2, 0.25) is 0 Å². The van der Waals surface area contributed by atoms with Crippen molar-refractivity contribution in [2.75, 3.05) is 13.2 Å². The summed E-state index contributed by atoms with van der Waals surface area (Å²) in [7, 11) is -3.25. The molecular weight excluding hydrogens is 276 g/mol. The molecular formula is C15H28O4S. The van der Waals surface area contributed by atoms with Gasteiger partial charge in [-0.2, -0.15) is 0 Å². The Morgan fingerprint density at radius 2 is 1.50 bits per heavy atom. The van der Waals surface area contributed by atoms with Crippen molar-refractivity contribution in [2.45, 2.75) is 70.2 Å². The summed E-state index contributed by atoms with van der Waals surface area (Å²) < 4.78 is 36.1. The smallest absolute Gasteiger partial charge is 0.162 e. The van der Waals surface area contributed by atoms with E-state index in [0.717, 1.165) is 6.42 Å². The zero-order valence-corrected chi connectivity index (χ0v) is 14.3. The third kappa shape index (κ3) is 2.90. The first kappa shape index (κ1) is 16.2. The van der Waals surface area contributed by atoms with Gasteiger partial charge >= 0.3 is 0 Å². The highest BCUT2D eigenvalue weighted by molar-refractivity contribution is 7.93. The molecule has 118 valence electrons. The van der Waals surface area contributed by atoms with Crippen LogP contribution < -0.4 is 0 Å². The van der Waals surface area contributed by atoms with Gasteiger partial charge in [-0.1, -0.05) is 20.8 Å². The second-order valence-electron chi connectivity index (χ2n) is 8.32. The molecule has 20 heavy (non-hydrogen) atoms. The van der Waals surface area contributed by atoms with E-state index in [0.29, 0.717) is 12.5 Å². The fourth-order valence-electron chi connectivity index (χ4n) is 3.23. The summed E-state index contributed by atoms with van der Waals surface area (Å²) in [5, 5.41) is -0.516. The Bertz CT molecular complexity index is 455. The lowest BCUT2D eigenvalue weighted by Crippen LogP contribution is -2.44. The molecule has 0 spiro atoms. The molecule has 0 radical (unpaired) electrons. The fraction of sp³-hybridized carbons (Fsp3) is 1.00. The summed E-state index contributed by atoms with van der Waals surface area (Å²) >= 11 is 0. The summed E-state index contributed by atoms with van der Waals surface area (Å²) in [5.74, 6) is 0.306. The van der Waals surface area contributed by atoms with E-state index in [1.165, 1.54) is 0 Å². The Kier molecular flexibility index (Phi) is 4.03. The van der Waals surface area contributed by atoms with Crippen molar-refractivity contribution in [3.63, 3.8) is 0 Å². The van der Waals surface area contributed by atoms with E-state index in [-0.39, 0.29) is 24.2 Å². The van der Waals surface area contributed by atoms with Crippen LogP contribution in [0, 0.1) is 11.3 Å². The lowest BCUT2D eigenvalue weighted by molar-refractivity contribution is 0.0556. The zero-order chi connectivity index (χ0) is 15.3. The highest BCUT2D eigenvalue weighted by Crippen LogP contribution is 2.41. The van der Waals surface area contributed by atoms with E-state index in [1.807, 2.05) is 0 Å². The van der Waals surface area contributed by atoms with Crippen LogP contribution in [0.5, 0.6) is 0 Å². The Balaban J connectivity index is 2.15. The van der Waals surface area contributed by atoms with Crippen LogP contribution >= 0.6 is 0 Å². The maximum atomic E-state index is 12.6. The predicted molar refractivity (Wildman–Crippen MR) is 79.5 cm³/mol. The molecule has 0 aromatic carbocycles. The molecule has 0 aromatic heterocycles. The Morgan fingerprint density at radius 3 is 2.00 bits per heavy atom. The number of hydrogen-bond acceptors (Lipinski definition) is 4. The normalized spacial score (nSPS) is 35.3. The van der Waals surface area contributed by atoms with Crippen molar-refractivity contribution in [2.24, 2.45) is 11.3 Å². The molecule has 2 saturated heterocycles. The van der Waals surface area contributed by atoms with Gasteiger partial charge in [0.15, 0.2) is 9.84 Å². The molecule has 5 heteroatoms. The minimum Gasteiger partial charge on any atom is -0.374 e. The lowest BCUT2D eigenvalue weighted by atomic mass is 9.82. The molecule has 2 heterocycles. The molecule has 2 aliphatic heterocycles. The SMILES string of the molecule is CC(C)(C)CC1COC2C1OCC2S(=O)(=O)C(C)(C)C. The molecule has 4 atom stereocenters. The molecule has 0 aliphatic carbocycles. The van der Waals surface area contributed by atoms with Gasteiger partial charge in [0.25, 0.3) is 0 Å². The molecule has 2 fully saturated rings. The van der Waals surface area contributed by atoms with Gasteiger partial charge in [0, 0.05) is 5.92 Å². The highest BCUT2D eigenvalue weighted by Gasteiger charge is 2.54. The van der Waals surface area contributed by atoms with Gasteiger partial charge < -0.3 is 9.47 Å². The summed E-state index contributed by atoms with van der Waals surface area (Å²) in [6, 6.07) is 0. The Labute approximate surface area is 123 Å². The minimum atomic E-state index is -3.25. The van der Waals surface area contributed by atoms with Crippen LogP contribution in [0.15, 0.2) is 0 Å².